The molecule has 1 aromatic heterocycles. The van der Waals surface area contributed by atoms with Gasteiger partial charge in [0.1, 0.15) is 0 Å². The number of esters is 1. The summed E-state index contributed by atoms with van der Waals surface area (Å²) in [5.41, 5.74) is 10.9. The number of ether oxygens (including phenoxy) is 2. The van der Waals surface area contributed by atoms with Crippen molar-refractivity contribution < 1.29 is 27.4 Å². The summed E-state index contributed by atoms with van der Waals surface area (Å²) in [6, 6.07) is 0. The molecule has 0 amide bonds. The molecule has 0 bridgehead atoms. The zero-order valence-electron chi connectivity index (χ0n) is 9.95. The highest BCUT2D eigenvalue weighted by Crippen LogP contribution is 2.30. The van der Waals surface area contributed by atoms with Crippen molar-refractivity contribution in [3.8, 4) is 5.75 Å². The fraction of sp³-hybridized carbons (Fsp3) is 0.400. The average Bonchev–Trinajstić information content (AvgIpc) is 2.31. The molecule has 0 aliphatic carbocycles. The minimum absolute atomic E-state index is 0.0637. The first-order valence-corrected chi connectivity index (χ1v) is 5.07. The van der Waals surface area contributed by atoms with Gasteiger partial charge in [0.25, 0.3) is 0 Å². The SMILES string of the molecule is COC(=O)Cc1ncc(OC(F)(F)F)c(CN)c1N. The van der Waals surface area contributed by atoms with Gasteiger partial charge in [-0.3, -0.25) is 9.78 Å². The van der Waals surface area contributed by atoms with Gasteiger partial charge in [0.2, 0.25) is 0 Å². The molecule has 0 aliphatic heterocycles. The first kappa shape index (κ1) is 15.0. The van der Waals surface area contributed by atoms with E-state index in [1.165, 1.54) is 7.11 Å². The topological polar surface area (TPSA) is 100 Å². The van der Waals surface area contributed by atoms with Crippen LogP contribution in [0.2, 0.25) is 0 Å². The zero-order chi connectivity index (χ0) is 14.6. The van der Waals surface area contributed by atoms with Crippen molar-refractivity contribution in [2.24, 2.45) is 5.73 Å². The van der Waals surface area contributed by atoms with Crippen molar-refractivity contribution >= 4 is 11.7 Å². The van der Waals surface area contributed by atoms with Gasteiger partial charge >= 0.3 is 12.3 Å². The highest BCUT2D eigenvalue weighted by molar-refractivity contribution is 5.74. The van der Waals surface area contributed by atoms with Crippen molar-refractivity contribution in [1.29, 1.82) is 0 Å². The molecule has 19 heavy (non-hydrogen) atoms. The van der Waals surface area contributed by atoms with Gasteiger partial charge in [-0.05, 0) is 0 Å². The van der Waals surface area contributed by atoms with E-state index in [1.54, 1.807) is 0 Å². The summed E-state index contributed by atoms with van der Waals surface area (Å²) in [7, 11) is 1.17. The lowest BCUT2D eigenvalue weighted by molar-refractivity contribution is -0.275. The molecule has 1 heterocycles. The molecule has 1 rings (SSSR count). The van der Waals surface area contributed by atoms with Crippen LogP contribution in [-0.4, -0.2) is 24.4 Å². The van der Waals surface area contributed by atoms with Gasteiger partial charge in [0.05, 0.1) is 31.1 Å². The van der Waals surface area contributed by atoms with E-state index in [0.717, 1.165) is 6.20 Å². The van der Waals surface area contributed by atoms with E-state index >= 15 is 0 Å². The third kappa shape index (κ3) is 3.98. The van der Waals surface area contributed by atoms with Crippen LogP contribution in [0.15, 0.2) is 6.20 Å². The molecule has 0 saturated heterocycles. The number of methoxy groups -OCH3 is 1. The number of carbonyl (C=O) groups is 1. The van der Waals surface area contributed by atoms with Crippen molar-refractivity contribution in [1.82, 2.24) is 4.98 Å². The molecule has 0 spiro atoms. The average molecular weight is 279 g/mol. The van der Waals surface area contributed by atoms with Gasteiger partial charge in [-0.2, -0.15) is 0 Å². The van der Waals surface area contributed by atoms with E-state index < -0.39 is 18.1 Å². The lowest BCUT2D eigenvalue weighted by Crippen LogP contribution is -2.20. The second kappa shape index (κ2) is 5.74. The summed E-state index contributed by atoms with van der Waals surface area (Å²) in [5.74, 6) is -1.20. The summed E-state index contributed by atoms with van der Waals surface area (Å²) < 4.78 is 44.6. The molecular weight excluding hydrogens is 267 g/mol. The maximum absolute atomic E-state index is 12.1. The molecule has 0 radical (unpaired) electrons. The Labute approximate surface area is 106 Å². The van der Waals surface area contributed by atoms with Crippen LogP contribution in [0.1, 0.15) is 11.3 Å². The fourth-order valence-electron chi connectivity index (χ4n) is 1.36. The summed E-state index contributed by atoms with van der Waals surface area (Å²) in [6.07, 6.45) is -4.31. The predicted molar refractivity (Wildman–Crippen MR) is 58.9 cm³/mol. The Balaban J connectivity index is 3.12. The summed E-state index contributed by atoms with van der Waals surface area (Å²) in [4.78, 5) is 14.7. The predicted octanol–water partition coefficient (Wildman–Crippen LogP) is 0.737. The molecular formula is C10H12F3N3O3. The van der Waals surface area contributed by atoms with E-state index in [9.17, 15) is 18.0 Å². The van der Waals surface area contributed by atoms with Crippen LogP contribution in [0, 0.1) is 0 Å². The van der Waals surface area contributed by atoms with E-state index in [1.807, 2.05) is 0 Å². The zero-order valence-corrected chi connectivity index (χ0v) is 9.95. The minimum Gasteiger partial charge on any atom is -0.469 e. The third-order valence-corrected chi connectivity index (χ3v) is 2.24. The first-order chi connectivity index (χ1) is 8.78. The Morgan fingerprint density at radius 3 is 2.58 bits per heavy atom. The summed E-state index contributed by atoms with van der Waals surface area (Å²) in [6.45, 7) is -0.284. The van der Waals surface area contributed by atoms with E-state index in [2.05, 4.69) is 14.5 Å². The smallest absolute Gasteiger partial charge is 0.469 e. The summed E-state index contributed by atoms with van der Waals surface area (Å²) in [5, 5.41) is 0. The lowest BCUT2D eigenvalue weighted by Gasteiger charge is -2.15. The van der Waals surface area contributed by atoms with Gasteiger partial charge in [-0.25, -0.2) is 0 Å². The molecule has 0 unspecified atom stereocenters. The number of nitrogen functional groups attached to an aromatic ring is 1. The van der Waals surface area contributed by atoms with Gasteiger partial charge in [-0.1, -0.05) is 0 Å². The number of aromatic nitrogens is 1. The van der Waals surface area contributed by atoms with Crippen molar-refractivity contribution in [3.63, 3.8) is 0 Å². The van der Waals surface area contributed by atoms with Crippen LogP contribution < -0.4 is 16.2 Å². The molecule has 9 heteroatoms. The maximum Gasteiger partial charge on any atom is 0.573 e. The fourth-order valence-corrected chi connectivity index (χ4v) is 1.36. The van der Waals surface area contributed by atoms with Gasteiger partial charge in [0.15, 0.2) is 5.75 Å². The molecule has 0 atom stereocenters. The van der Waals surface area contributed by atoms with Crippen molar-refractivity contribution in [2.45, 2.75) is 19.3 Å². The molecule has 0 aromatic carbocycles. The number of rotatable bonds is 4. The Hall–Kier alpha value is -2.03. The number of anilines is 1. The number of nitrogens with two attached hydrogens (primary N) is 2. The molecule has 106 valence electrons. The quantitative estimate of drug-likeness (QED) is 0.788. The minimum atomic E-state index is -4.87. The number of nitrogens with zero attached hydrogens (tertiary/aromatic N) is 1. The first-order valence-electron chi connectivity index (χ1n) is 5.07. The Kier molecular flexibility index (Phi) is 4.54. The van der Waals surface area contributed by atoms with E-state index in [0.29, 0.717) is 0 Å². The number of carbonyl (C=O) groups excluding carboxylic acids is 1. The molecule has 1 aromatic rings. The van der Waals surface area contributed by atoms with Crippen LogP contribution in [0.4, 0.5) is 18.9 Å². The van der Waals surface area contributed by atoms with Gasteiger partial charge in [0, 0.05) is 12.1 Å². The highest BCUT2D eigenvalue weighted by atomic mass is 19.4. The molecule has 0 aliphatic rings. The number of halogens is 3. The number of hydrogen-bond acceptors (Lipinski definition) is 6. The van der Waals surface area contributed by atoms with Crippen LogP contribution in [0.3, 0.4) is 0 Å². The Morgan fingerprint density at radius 2 is 2.11 bits per heavy atom. The molecule has 0 saturated carbocycles. The normalized spacial score (nSPS) is 11.2. The van der Waals surface area contributed by atoms with Crippen LogP contribution in [0.5, 0.6) is 5.75 Å². The van der Waals surface area contributed by atoms with Crippen LogP contribution in [0.25, 0.3) is 0 Å². The standard InChI is InChI=1S/C10H12F3N3O3/c1-18-8(17)2-6-9(15)5(3-14)7(4-16-6)19-10(11,12)13/h4H,2-3,14-15H2,1H3. The number of pyridine rings is 1. The van der Waals surface area contributed by atoms with Crippen molar-refractivity contribution in [2.75, 3.05) is 12.8 Å². The maximum atomic E-state index is 12.1. The van der Waals surface area contributed by atoms with Crippen molar-refractivity contribution in [3.05, 3.63) is 17.5 Å². The second-order valence-corrected chi connectivity index (χ2v) is 3.47. The molecule has 4 N–H and O–H groups in total. The Bertz CT molecular complexity index is 477. The van der Waals surface area contributed by atoms with E-state index in [4.69, 9.17) is 11.5 Å². The largest absolute Gasteiger partial charge is 0.573 e. The Morgan fingerprint density at radius 1 is 1.47 bits per heavy atom. The molecule has 6 nitrogen and oxygen atoms in total. The number of alkyl halides is 3. The van der Waals surface area contributed by atoms with Crippen LogP contribution >= 0.6 is 0 Å². The third-order valence-electron chi connectivity index (χ3n) is 2.24. The number of hydrogen-bond donors (Lipinski definition) is 2. The van der Waals surface area contributed by atoms with E-state index in [-0.39, 0.29) is 29.9 Å². The molecule has 0 fully saturated rings. The van der Waals surface area contributed by atoms with Crippen LogP contribution in [-0.2, 0) is 22.5 Å². The van der Waals surface area contributed by atoms with Gasteiger partial charge in [-0.15, -0.1) is 13.2 Å². The lowest BCUT2D eigenvalue weighted by atomic mass is 10.1. The monoisotopic (exact) mass is 279 g/mol. The second-order valence-electron chi connectivity index (χ2n) is 3.47. The van der Waals surface area contributed by atoms with Gasteiger partial charge < -0.3 is 20.9 Å². The summed E-state index contributed by atoms with van der Waals surface area (Å²) >= 11 is 0. The highest BCUT2D eigenvalue weighted by Gasteiger charge is 2.33.